The van der Waals surface area contributed by atoms with E-state index in [9.17, 15) is 24.6 Å². The van der Waals surface area contributed by atoms with Crippen molar-refractivity contribution >= 4 is 17.7 Å². The van der Waals surface area contributed by atoms with E-state index in [2.05, 4.69) is 0 Å². The van der Waals surface area contributed by atoms with E-state index >= 15 is 0 Å². The molecule has 6 fully saturated rings. The number of esters is 2. The fraction of sp³-hybridized carbons (Fsp3) is 0.880. The number of carbonyl (C=O) groups is 3. The number of carbonyl (C=O) groups excluding carboxylic acids is 3. The summed E-state index contributed by atoms with van der Waals surface area (Å²) >= 11 is 0. The maximum Gasteiger partial charge on any atom is 0.302 e. The molecule has 6 aliphatic rings. The van der Waals surface area contributed by atoms with E-state index in [0.29, 0.717) is 25.7 Å². The normalized spacial score (nSPS) is 50.9. The first-order valence-electron chi connectivity index (χ1n) is 12.3. The molecule has 9 nitrogen and oxygen atoms in total. The molecule has 4 saturated carbocycles. The molecule has 10 atom stereocenters. The van der Waals surface area contributed by atoms with Crippen LogP contribution in [0.2, 0.25) is 0 Å². The quantitative estimate of drug-likeness (QED) is 0.558. The fourth-order valence-electron chi connectivity index (χ4n) is 9.11. The molecule has 0 radical (unpaired) electrons. The second-order valence-corrected chi connectivity index (χ2v) is 11.7. The van der Waals surface area contributed by atoms with Gasteiger partial charge in [0, 0.05) is 49.5 Å². The molecule has 4 aliphatic carbocycles. The molecule has 6 rings (SSSR count). The average Bonchev–Trinajstić information content (AvgIpc) is 2.96. The number of ketones is 1. The smallest absolute Gasteiger partial charge is 0.302 e. The number of aliphatic hydroxyl groups is 2. The van der Waals surface area contributed by atoms with E-state index in [1.165, 1.54) is 21.0 Å². The zero-order valence-corrected chi connectivity index (χ0v) is 20.4. The van der Waals surface area contributed by atoms with Crippen molar-refractivity contribution in [3.63, 3.8) is 0 Å². The van der Waals surface area contributed by atoms with Gasteiger partial charge in [0.25, 0.3) is 0 Å². The molecule has 4 bridgehead atoms. The lowest BCUT2D eigenvalue weighted by molar-refractivity contribution is -0.446. The topological polar surface area (TPSA) is 129 Å². The minimum absolute atomic E-state index is 0.0999. The van der Waals surface area contributed by atoms with Crippen molar-refractivity contribution in [1.29, 1.82) is 0 Å². The molecular weight excluding hydrogens is 444 g/mol. The molecule has 2 aliphatic heterocycles. The molecule has 2 N–H and O–H groups in total. The molecule has 0 aromatic carbocycles. The number of hydrogen-bond acceptors (Lipinski definition) is 9. The Balaban J connectivity index is 1.68. The first-order valence-corrected chi connectivity index (χ1v) is 12.3. The first-order chi connectivity index (χ1) is 16.0. The molecule has 34 heavy (non-hydrogen) atoms. The summed E-state index contributed by atoms with van der Waals surface area (Å²) in [6, 6.07) is 0. The number of hydrogen-bond donors (Lipinski definition) is 2. The zero-order valence-electron chi connectivity index (χ0n) is 20.4. The van der Waals surface area contributed by atoms with Crippen molar-refractivity contribution in [1.82, 2.24) is 0 Å². The van der Waals surface area contributed by atoms with Crippen LogP contribution in [0.5, 0.6) is 0 Å². The highest BCUT2D eigenvalue weighted by Gasteiger charge is 2.85. The van der Waals surface area contributed by atoms with E-state index in [-0.39, 0.29) is 31.5 Å². The summed E-state index contributed by atoms with van der Waals surface area (Å²) < 4.78 is 22.8. The lowest BCUT2D eigenvalue weighted by Gasteiger charge is -2.74. The largest absolute Gasteiger partial charge is 0.465 e. The number of aliphatic hydroxyl groups excluding tert-OH is 1. The summed E-state index contributed by atoms with van der Waals surface area (Å²) in [5, 5.41) is 23.9. The lowest BCUT2D eigenvalue weighted by Crippen LogP contribution is -2.83. The predicted molar refractivity (Wildman–Crippen MR) is 116 cm³/mol. The highest BCUT2D eigenvalue weighted by atomic mass is 16.6. The molecule has 2 heterocycles. The van der Waals surface area contributed by atoms with Gasteiger partial charge in [-0.2, -0.15) is 0 Å². The lowest BCUT2D eigenvalue weighted by atomic mass is 9.36. The van der Waals surface area contributed by atoms with Gasteiger partial charge in [0.15, 0.2) is 5.78 Å². The van der Waals surface area contributed by atoms with Crippen LogP contribution in [0.3, 0.4) is 0 Å². The predicted octanol–water partition coefficient (Wildman–Crippen LogP) is 1.23. The van der Waals surface area contributed by atoms with Crippen LogP contribution in [-0.2, 0) is 33.3 Å². The molecule has 2 saturated heterocycles. The summed E-state index contributed by atoms with van der Waals surface area (Å²) in [6.45, 7) is 5.14. The summed E-state index contributed by atoms with van der Waals surface area (Å²) in [7, 11) is 1.54. The van der Waals surface area contributed by atoms with Crippen molar-refractivity contribution in [2.45, 2.75) is 70.9 Å². The summed E-state index contributed by atoms with van der Waals surface area (Å²) in [4.78, 5) is 38.0. The van der Waals surface area contributed by atoms with Gasteiger partial charge in [0.2, 0.25) is 5.79 Å². The van der Waals surface area contributed by atoms with E-state index in [1.54, 1.807) is 0 Å². The third-order valence-corrected chi connectivity index (χ3v) is 9.93. The van der Waals surface area contributed by atoms with E-state index in [4.69, 9.17) is 18.9 Å². The van der Waals surface area contributed by atoms with Gasteiger partial charge < -0.3 is 29.2 Å². The Labute approximate surface area is 199 Å². The molecule has 2 spiro atoms. The van der Waals surface area contributed by atoms with Crippen LogP contribution >= 0.6 is 0 Å². The molecule has 190 valence electrons. The number of rotatable bonds is 5. The van der Waals surface area contributed by atoms with Gasteiger partial charge in [-0.25, -0.2) is 0 Å². The average molecular weight is 481 g/mol. The van der Waals surface area contributed by atoms with Gasteiger partial charge in [-0.15, -0.1) is 0 Å². The molecule has 10 unspecified atom stereocenters. The van der Waals surface area contributed by atoms with Crippen LogP contribution in [0.1, 0.15) is 52.9 Å². The number of Topliss-reactive ketones (excluding diaryl/α,β-unsaturated/α-hetero) is 1. The SMILES string of the molecule is COCC1C(=O)C23CC1CC(OC(C)=O)C2C12CCCC(C)(COC(C)=O)C1C(O)C3(O)OC2. The van der Waals surface area contributed by atoms with Crippen LogP contribution < -0.4 is 0 Å². The van der Waals surface area contributed by atoms with Crippen molar-refractivity contribution in [2.75, 3.05) is 26.9 Å². The van der Waals surface area contributed by atoms with Crippen LogP contribution in [0, 0.1) is 39.9 Å². The number of ether oxygens (including phenoxy) is 4. The second-order valence-electron chi connectivity index (χ2n) is 11.7. The third kappa shape index (κ3) is 2.84. The Morgan fingerprint density at radius 3 is 2.56 bits per heavy atom. The van der Waals surface area contributed by atoms with Gasteiger partial charge >= 0.3 is 11.9 Å². The van der Waals surface area contributed by atoms with Crippen LogP contribution in [0.4, 0.5) is 0 Å². The van der Waals surface area contributed by atoms with Crippen molar-refractivity contribution in [3.8, 4) is 0 Å². The Morgan fingerprint density at radius 1 is 1.18 bits per heavy atom. The van der Waals surface area contributed by atoms with Gasteiger partial charge in [-0.05, 0) is 31.6 Å². The molecular formula is C25H36O9. The van der Waals surface area contributed by atoms with Gasteiger partial charge in [-0.1, -0.05) is 13.3 Å². The molecule has 0 amide bonds. The van der Waals surface area contributed by atoms with E-state index < -0.39 is 63.9 Å². The maximum atomic E-state index is 14.1. The first kappa shape index (κ1) is 24.2. The number of fused-ring (bicyclic) bond motifs is 2. The Kier molecular flexibility index (Phi) is 5.49. The van der Waals surface area contributed by atoms with Crippen molar-refractivity contribution in [3.05, 3.63) is 0 Å². The molecule has 0 aromatic heterocycles. The third-order valence-electron chi connectivity index (χ3n) is 9.93. The molecule has 9 heteroatoms. The monoisotopic (exact) mass is 480 g/mol. The van der Waals surface area contributed by atoms with Crippen LogP contribution in [0.15, 0.2) is 0 Å². The van der Waals surface area contributed by atoms with E-state index in [0.717, 1.165) is 6.42 Å². The fourth-order valence-corrected chi connectivity index (χ4v) is 9.11. The van der Waals surface area contributed by atoms with Crippen molar-refractivity contribution in [2.24, 2.45) is 39.9 Å². The maximum absolute atomic E-state index is 14.1. The Morgan fingerprint density at radius 2 is 1.91 bits per heavy atom. The van der Waals surface area contributed by atoms with Crippen LogP contribution in [0.25, 0.3) is 0 Å². The standard InChI is InChI=1S/C25H36O9/c1-13(26)32-11-22(3)6-5-7-23-12-33-25(30,21(29)19(22)23)24-9-15(16(10-31-4)20(24)28)8-17(18(23)24)34-14(2)27/h15-19,21,29-30H,5-12H2,1-4H3. The summed E-state index contributed by atoms with van der Waals surface area (Å²) in [5.74, 6) is -4.71. The Hall–Kier alpha value is -1.55. The summed E-state index contributed by atoms with van der Waals surface area (Å²) in [6.07, 6.45) is 1.08. The number of methoxy groups -OCH3 is 1. The summed E-state index contributed by atoms with van der Waals surface area (Å²) in [5.41, 5.74) is -2.72. The van der Waals surface area contributed by atoms with Gasteiger partial charge in [0.1, 0.15) is 12.2 Å². The van der Waals surface area contributed by atoms with Crippen LogP contribution in [-0.4, -0.2) is 72.9 Å². The minimum Gasteiger partial charge on any atom is -0.465 e. The van der Waals surface area contributed by atoms with E-state index in [1.807, 2.05) is 6.92 Å². The zero-order chi connectivity index (χ0) is 24.7. The molecule has 0 aromatic rings. The highest BCUT2D eigenvalue weighted by molar-refractivity contribution is 5.92. The Bertz CT molecular complexity index is 905. The highest BCUT2D eigenvalue weighted by Crippen LogP contribution is 2.77. The van der Waals surface area contributed by atoms with Gasteiger partial charge in [-0.3, -0.25) is 14.4 Å². The minimum atomic E-state index is -2.12. The van der Waals surface area contributed by atoms with Gasteiger partial charge in [0.05, 0.1) is 25.2 Å². The van der Waals surface area contributed by atoms with Crippen molar-refractivity contribution < 1.29 is 43.5 Å². The second kappa shape index (κ2) is 7.72.